The van der Waals surface area contributed by atoms with Crippen LogP contribution in [0.3, 0.4) is 0 Å². The van der Waals surface area contributed by atoms with Gasteiger partial charge in [-0.15, -0.1) is 0 Å². The summed E-state index contributed by atoms with van der Waals surface area (Å²) < 4.78 is 30.1. The molecule has 2 rings (SSSR count). The first kappa shape index (κ1) is 12.2. The molecule has 2 aromatic rings. The Morgan fingerprint density at radius 1 is 1.39 bits per heavy atom. The van der Waals surface area contributed by atoms with Gasteiger partial charge in [0.15, 0.2) is 0 Å². The van der Waals surface area contributed by atoms with Crippen molar-refractivity contribution in [3.63, 3.8) is 0 Å². The average molecular weight is 253 g/mol. The van der Waals surface area contributed by atoms with Crippen molar-refractivity contribution in [3.05, 3.63) is 35.5 Å². The normalized spacial score (nSPS) is 10.9. The second-order valence-corrected chi connectivity index (χ2v) is 3.62. The number of alkyl halides is 2. The molecular weight excluding hydrogens is 244 g/mol. The molecule has 0 bridgehead atoms. The van der Waals surface area contributed by atoms with E-state index in [-0.39, 0.29) is 16.9 Å². The minimum Gasteiger partial charge on any atom is -0.494 e. The minimum atomic E-state index is -2.65. The number of nitrogens with zero attached hydrogens (tertiary/aromatic N) is 1. The van der Waals surface area contributed by atoms with E-state index < -0.39 is 12.4 Å². The fourth-order valence-electron chi connectivity index (χ4n) is 1.63. The summed E-state index contributed by atoms with van der Waals surface area (Å²) >= 11 is 0. The largest absolute Gasteiger partial charge is 0.494 e. The number of pyridine rings is 1. The van der Waals surface area contributed by atoms with Crippen LogP contribution >= 0.6 is 0 Å². The number of aromatic carboxylic acids is 1. The standard InChI is InChI=1S/C12H9F2NO3/c1-18-9-4-7(12(16)17)2-6-3-8(11(13)14)5-15-10(6)9/h2-5,11H,1H3,(H,16,17). The number of carboxylic acids is 1. The van der Waals surface area contributed by atoms with Gasteiger partial charge >= 0.3 is 5.97 Å². The first-order valence-corrected chi connectivity index (χ1v) is 5.02. The van der Waals surface area contributed by atoms with Gasteiger partial charge in [0.2, 0.25) is 0 Å². The molecule has 0 spiro atoms. The summed E-state index contributed by atoms with van der Waals surface area (Å²) in [6.07, 6.45) is -1.60. The van der Waals surface area contributed by atoms with Gasteiger partial charge in [0.05, 0.1) is 12.7 Å². The number of methoxy groups -OCH3 is 1. The Kier molecular flexibility index (Phi) is 3.10. The maximum atomic E-state index is 12.5. The van der Waals surface area contributed by atoms with E-state index in [1.807, 2.05) is 0 Å². The Labute approximate surface area is 101 Å². The van der Waals surface area contributed by atoms with Gasteiger partial charge < -0.3 is 9.84 Å². The Morgan fingerprint density at radius 2 is 2.11 bits per heavy atom. The third-order valence-electron chi connectivity index (χ3n) is 2.49. The molecule has 18 heavy (non-hydrogen) atoms. The molecule has 0 amide bonds. The van der Waals surface area contributed by atoms with Crippen LogP contribution in [-0.2, 0) is 0 Å². The van der Waals surface area contributed by atoms with Gasteiger partial charge in [-0.2, -0.15) is 0 Å². The van der Waals surface area contributed by atoms with Gasteiger partial charge in [-0.3, -0.25) is 4.98 Å². The van der Waals surface area contributed by atoms with E-state index in [0.717, 1.165) is 6.20 Å². The molecular formula is C12H9F2NO3. The number of halogens is 2. The van der Waals surface area contributed by atoms with Gasteiger partial charge in [-0.05, 0) is 18.2 Å². The topological polar surface area (TPSA) is 59.4 Å². The quantitative estimate of drug-likeness (QED) is 0.913. The molecule has 6 heteroatoms. The second-order valence-electron chi connectivity index (χ2n) is 3.62. The lowest BCUT2D eigenvalue weighted by molar-refractivity contribution is 0.0696. The van der Waals surface area contributed by atoms with Crippen molar-refractivity contribution in [2.45, 2.75) is 6.43 Å². The number of carbonyl (C=O) groups is 1. The number of carboxylic acid groups (broad SMARTS) is 1. The number of rotatable bonds is 3. The predicted molar refractivity (Wildman–Crippen MR) is 60.2 cm³/mol. The van der Waals surface area contributed by atoms with Crippen LogP contribution in [0.15, 0.2) is 24.4 Å². The lowest BCUT2D eigenvalue weighted by atomic mass is 10.1. The van der Waals surface area contributed by atoms with Crippen LogP contribution in [0.1, 0.15) is 22.3 Å². The van der Waals surface area contributed by atoms with Crippen molar-refractivity contribution in [1.29, 1.82) is 0 Å². The number of hydrogen-bond acceptors (Lipinski definition) is 3. The zero-order valence-corrected chi connectivity index (χ0v) is 9.35. The molecule has 1 aromatic heterocycles. The molecule has 0 unspecified atom stereocenters. The van der Waals surface area contributed by atoms with Crippen LogP contribution in [0.5, 0.6) is 5.75 Å². The van der Waals surface area contributed by atoms with E-state index in [2.05, 4.69) is 4.98 Å². The summed E-state index contributed by atoms with van der Waals surface area (Å²) in [6, 6.07) is 3.81. The number of hydrogen-bond donors (Lipinski definition) is 1. The Balaban J connectivity index is 2.72. The lowest BCUT2D eigenvalue weighted by Gasteiger charge is -2.08. The smallest absolute Gasteiger partial charge is 0.335 e. The number of ether oxygens (including phenoxy) is 1. The molecule has 0 saturated heterocycles. The Bertz CT molecular complexity index is 614. The van der Waals surface area contributed by atoms with Crippen molar-refractivity contribution in [2.75, 3.05) is 7.11 Å². The molecule has 1 heterocycles. The highest BCUT2D eigenvalue weighted by Gasteiger charge is 2.14. The minimum absolute atomic E-state index is 0.0347. The first-order valence-electron chi connectivity index (χ1n) is 5.02. The van der Waals surface area contributed by atoms with Crippen LogP contribution in [0.25, 0.3) is 10.9 Å². The zero-order valence-electron chi connectivity index (χ0n) is 9.35. The van der Waals surface area contributed by atoms with E-state index >= 15 is 0 Å². The van der Waals surface area contributed by atoms with E-state index in [0.29, 0.717) is 10.9 Å². The number of benzene rings is 1. The molecule has 4 nitrogen and oxygen atoms in total. The predicted octanol–water partition coefficient (Wildman–Crippen LogP) is 2.88. The second kappa shape index (κ2) is 4.56. The number of fused-ring (bicyclic) bond motifs is 1. The molecule has 0 aliphatic carbocycles. The molecule has 0 fully saturated rings. The molecule has 0 radical (unpaired) electrons. The molecule has 1 aromatic carbocycles. The zero-order chi connectivity index (χ0) is 13.3. The van der Waals surface area contributed by atoms with Crippen LogP contribution in [0, 0.1) is 0 Å². The lowest BCUT2D eigenvalue weighted by Crippen LogP contribution is -1.99. The highest BCUT2D eigenvalue weighted by molar-refractivity contribution is 5.96. The molecule has 1 N–H and O–H groups in total. The van der Waals surface area contributed by atoms with Crippen molar-refractivity contribution in [1.82, 2.24) is 4.98 Å². The summed E-state index contributed by atoms with van der Waals surface area (Å²) in [6.45, 7) is 0. The van der Waals surface area contributed by atoms with Crippen LogP contribution in [-0.4, -0.2) is 23.2 Å². The van der Waals surface area contributed by atoms with E-state index in [4.69, 9.17) is 9.84 Å². The van der Waals surface area contributed by atoms with Crippen molar-refractivity contribution in [2.24, 2.45) is 0 Å². The van der Waals surface area contributed by atoms with Crippen LogP contribution in [0.4, 0.5) is 8.78 Å². The summed E-state index contributed by atoms with van der Waals surface area (Å²) in [4.78, 5) is 14.8. The third kappa shape index (κ3) is 2.09. The van der Waals surface area contributed by atoms with Gasteiger partial charge in [0.1, 0.15) is 11.3 Å². The van der Waals surface area contributed by atoms with Crippen LogP contribution < -0.4 is 4.74 Å². The van der Waals surface area contributed by atoms with Gasteiger partial charge in [0.25, 0.3) is 6.43 Å². The SMILES string of the molecule is COc1cc(C(=O)O)cc2cc(C(F)F)cnc12. The summed E-state index contributed by atoms with van der Waals surface area (Å²) in [5.41, 5.74) is 0.0616. The number of aromatic nitrogens is 1. The van der Waals surface area contributed by atoms with Crippen LogP contribution in [0.2, 0.25) is 0 Å². The van der Waals surface area contributed by atoms with Crippen molar-refractivity contribution >= 4 is 16.9 Å². The highest BCUT2D eigenvalue weighted by atomic mass is 19.3. The molecule has 0 aliphatic heterocycles. The molecule has 0 saturated carbocycles. The van der Waals surface area contributed by atoms with Crippen molar-refractivity contribution in [3.8, 4) is 5.75 Å². The van der Waals surface area contributed by atoms with Gasteiger partial charge in [-0.25, -0.2) is 13.6 Å². The molecule has 0 aliphatic rings. The maximum absolute atomic E-state index is 12.5. The Morgan fingerprint density at radius 3 is 2.67 bits per heavy atom. The van der Waals surface area contributed by atoms with E-state index in [9.17, 15) is 13.6 Å². The van der Waals surface area contributed by atoms with E-state index in [1.165, 1.54) is 25.3 Å². The maximum Gasteiger partial charge on any atom is 0.335 e. The summed E-state index contributed by atoms with van der Waals surface area (Å²) in [5.74, 6) is -0.914. The highest BCUT2D eigenvalue weighted by Crippen LogP contribution is 2.29. The molecule has 94 valence electrons. The fourth-order valence-corrected chi connectivity index (χ4v) is 1.63. The Hall–Kier alpha value is -2.24. The molecule has 0 atom stereocenters. The van der Waals surface area contributed by atoms with Gasteiger partial charge in [-0.1, -0.05) is 0 Å². The van der Waals surface area contributed by atoms with Gasteiger partial charge in [0, 0.05) is 17.1 Å². The monoisotopic (exact) mass is 253 g/mol. The fraction of sp³-hybridized carbons (Fsp3) is 0.167. The average Bonchev–Trinajstić information content (AvgIpc) is 2.36. The summed E-state index contributed by atoms with van der Waals surface area (Å²) in [5, 5.41) is 9.23. The van der Waals surface area contributed by atoms with E-state index in [1.54, 1.807) is 0 Å². The summed E-state index contributed by atoms with van der Waals surface area (Å²) in [7, 11) is 1.36. The third-order valence-corrected chi connectivity index (χ3v) is 2.49. The first-order chi connectivity index (χ1) is 8.52. The van der Waals surface area contributed by atoms with Crippen molar-refractivity contribution < 1.29 is 23.4 Å².